The van der Waals surface area contributed by atoms with Crippen LogP contribution < -0.4 is 0 Å². The molecule has 0 aliphatic carbocycles. The average Bonchev–Trinajstić information content (AvgIpc) is 2.27. The molecule has 0 atom stereocenters. The third kappa shape index (κ3) is 5.76. The molecule has 6 nitrogen and oxygen atoms in total. The Bertz CT molecular complexity index is 304. The molecule has 1 saturated heterocycles. The number of hydrogen-bond donors (Lipinski definition) is 0. The van der Waals surface area contributed by atoms with E-state index in [9.17, 15) is 4.79 Å². The molecule has 0 aromatic rings. The van der Waals surface area contributed by atoms with Crippen molar-refractivity contribution in [3.05, 3.63) is 0 Å². The number of piperazine rings is 1. The Labute approximate surface area is 115 Å². The van der Waals surface area contributed by atoms with E-state index in [1.165, 1.54) is 0 Å². The summed E-state index contributed by atoms with van der Waals surface area (Å²) in [6.07, 6.45) is -0.266. The number of hydrogen-bond acceptors (Lipinski definition) is 5. The molecular weight excluding hydrogens is 248 g/mol. The molecule has 1 heterocycles. The Morgan fingerprint density at radius 3 is 1.95 bits per heavy atom. The van der Waals surface area contributed by atoms with Crippen molar-refractivity contribution in [2.24, 2.45) is 0 Å². The highest BCUT2D eigenvalue weighted by Gasteiger charge is 2.29. The van der Waals surface area contributed by atoms with E-state index in [-0.39, 0.29) is 6.09 Å². The zero-order chi connectivity index (χ0) is 14.7. The fourth-order valence-electron chi connectivity index (χ4n) is 1.64. The van der Waals surface area contributed by atoms with Crippen LogP contribution in [0.1, 0.15) is 34.6 Å². The van der Waals surface area contributed by atoms with Gasteiger partial charge in [0.15, 0.2) is 5.79 Å². The monoisotopic (exact) mass is 274 g/mol. The van der Waals surface area contributed by atoms with Gasteiger partial charge in [0, 0.05) is 33.3 Å². The maximum atomic E-state index is 11.9. The van der Waals surface area contributed by atoms with Crippen LogP contribution in [0.5, 0.6) is 0 Å². The highest BCUT2D eigenvalue weighted by atomic mass is 16.8. The second-order valence-corrected chi connectivity index (χ2v) is 6.09. The molecule has 0 spiro atoms. The fraction of sp³-hybridized carbons (Fsp3) is 0.923. The number of hydroxylamine groups is 2. The maximum absolute atomic E-state index is 11.9. The SMILES string of the molecule is COC(C)(C)ON1CCN(C(=O)OC(C)(C)C)CC1. The minimum absolute atomic E-state index is 0.266. The first kappa shape index (κ1) is 16.2. The van der Waals surface area contributed by atoms with Crippen LogP contribution in [-0.4, -0.2) is 60.7 Å². The number of amides is 1. The van der Waals surface area contributed by atoms with Crippen molar-refractivity contribution < 1.29 is 19.1 Å². The summed E-state index contributed by atoms with van der Waals surface area (Å²) in [5.41, 5.74) is -0.456. The molecule has 1 rings (SSSR count). The maximum Gasteiger partial charge on any atom is 0.410 e. The Morgan fingerprint density at radius 1 is 1.00 bits per heavy atom. The molecule has 1 aliphatic heterocycles. The van der Waals surface area contributed by atoms with Crippen molar-refractivity contribution >= 4 is 6.09 Å². The average molecular weight is 274 g/mol. The van der Waals surface area contributed by atoms with Crippen LogP contribution in [0.2, 0.25) is 0 Å². The summed E-state index contributed by atoms with van der Waals surface area (Å²) in [6, 6.07) is 0. The van der Waals surface area contributed by atoms with Crippen molar-refractivity contribution in [2.75, 3.05) is 33.3 Å². The number of carbonyl (C=O) groups excluding carboxylic acids is 1. The summed E-state index contributed by atoms with van der Waals surface area (Å²) in [4.78, 5) is 19.3. The molecule has 0 radical (unpaired) electrons. The van der Waals surface area contributed by atoms with E-state index in [1.54, 1.807) is 12.0 Å². The molecular formula is C13H26N2O4. The van der Waals surface area contributed by atoms with Gasteiger partial charge >= 0.3 is 6.09 Å². The highest BCUT2D eigenvalue weighted by molar-refractivity contribution is 5.68. The molecule has 0 unspecified atom stereocenters. The zero-order valence-electron chi connectivity index (χ0n) is 12.9. The van der Waals surface area contributed by atoms with Gasteiger partial charge in [0.2, 0.25) is 0 Å². The summed E-state index contributed by atoms with van der Waals surface area (Å²) in [5.74, 6) is -0.645. The van der Waals surface area contributed by atoms with Gasteiger partial charge in [-0.15, -0.1) is 0 Å². The van der Waals surface area contributed by atoms with Crippen LogP contribution in [0.15, 0.2) is 0 Å². The largest absolute Gasteiger partial charge is 0.444 e. The van der Waals surface area contributed by atoms with E-state index in [1.807, 2.05) is 39.7 Å². The lowest BCUT2D eigenvalue weighted by Crippen LogP contribution is -2.52. The van der Waals surface area contributed by atoms with Crippen molar-refractivity contribution in [3.8, 4) is 0 Å². The van der Waals surface area contributed by atoms with Crippen molar-refractivity contribution in [3.63, 3.8) is 0 Å². The van der Waals surface area contributed by atoms with E-state index in [4.69, 9.17) is 14.3 Å². The van der Waals surface area contributed by atoms with Gasteiger partial charge < -0.3 is 14.4 Å². The summed E-state index contributed by atoms with van der Waals surface area (Å²) in [5, 5.41) is 1.82. The smallest absolute Gasteiger partial charge is 0.410 e. The van der Waals surface area contributed by atoms with Crippen LogP contribution >= 0.6 is 0 Å². The number of rotatable bonds is 3. The van der Waals surface area contributed by atoms with Crippen LogP contribution in [0.25, 0.3) is 0 Å². The van der Waals surface area contributed by atoms with E-state index in [0.717, 1.165) is 0 Å². The minimum Gasteiger partial charge on any atom is -0.444 e. The third-order valence-corrected chi connectivity index (χ3v) is 2.73. The molecule has 0 saturated carbocycles. The molecule has 0 bridgehead atoms. The van der Waals surface area contributed by atoms with E-state index < -0.39 is 11.4 Å². The summed E-state index contributed by atoms with van der Waals surface area (Å²) < 4.78 is 10.5. The van der Waals surface area contributed by atoms with Gasteiger partial charge in [-0.1, -0.05) is 0 Å². The topological polar surface area (TPSA) is 51.2 Å². The molecule has 112 valence electrons. The van der Waals surface area contributed by atoms with Crippen LogP contribution in [0.3, 0.4) is 0 Å². The van der Waals surface area contributed by atoms with Crippen molar-refractivity contribution in [1.82, 2.24) is 9.96 Å². The van der Waals surface area contributed by atoms with E-state index in [0.29, 0.717) is 26.2 Å². The summed E-state index contributed by atoms with van der Waals surface area (Å²) >= 11 is 0. The first-order chi connectivity index (χ1) is 8.63. The van der Waals surface area contributed by atoms with Crippen molar-refractivity contribution in [1.29, 1.82) is 0 Å². The normalized spacial score (nSPS) is 18.5. The van der Waals surface area contributed by atoms with Crippen LogP contribution in [0, 0.1) is 0 Å². The second kappa shape index (κ2) is 6.07. The number of nitrogens with zero attached hydrogens (tertiary/aromatic N) is 2. The number of methoxy groups -OCH3 is 1. The first-order valence-corrected chi connectivity index (χ1v) is 6.60. The quantitative estimate of drug-likeness (QED) is 0.735. The van der Waals surface area contributed by atoms with Gasteiger partial charge in [0.05, 0.1) is 0 Å². The number of ether oxygens (including phenoxy) is 2. The Hall–Kier alpha value is -0.850. The standard InChI is InChI=1S/C13H26N2O4/c1-12(2,3)18-11(16)14-7-9-15(10-8-14)19-13(4,5)17-6/h7-10H2,1-6H3. The van der Waals surface area contributed by atoms with Gasteiger partial charge in [-0.3, -0.25) is 4.84 Å². The van der Waals surface area contributed by atoms with E-state index in [2.05, 4.69) is 0 Å². The zero-order valence-corrected chi connectivity index (χ0v) is 12.9. The lowest BCUT2D eigenvalue weighted by molar-refractivity contribution is -0.327. The molecule has 1 amide bonds. The van der Waals surface area contributed by atoms with Gasteiger partial charge in [-0.2, -0.15) is 5.06 Å². The Kier molecular flexibility index (Phi) is 5.18. The van der Waals surface area contributed by atoms with Crippen molar-refractivity contribution in [2.45, 2.75) is 46.0 Å². The first-order valence-electron chi connectivity index (χ1n) is 6.60. The number of carbonyl (C=O) groups is 1. The van der Waals surface area contributed by atoms with Gasteiger partial charge in [0.1, 0.15) is 5.60 Å². The third-order valence-electron chi connectivity index (χ3n) is 2.73. The Balaban J connectivity index is 2.39. The molecule has 0 N–H and O–H groups in total. The predicted octanol–water partition coefficient (Wildman–Crippen LogP) is 1.85. The van der Waals surface area contributed by atoms with Crippen LogP contribution in [0.4, 0.5) is 4.79 Å². The molecule has 1 fully saturated rings. The molecule has 0 aromatic heterocycles. The molecule has 19 heavy (non-hydrogen) atoms. The summed E-state index contributed by atoms with van der Waals surface area (Å²) in [6.45, 7) is 11.8. The lowest BCUT2D eigenvalue weighted by Gasteiger charge is -2.38. The highest BCUT2D eigenvalue weighted by Crippen LogP contribution is 2.16. The molecule has 0 aromatic carbocycles. The fourth-order valence-corrected chi connectivity index (χ4v) is 1.64. The minimum atomic E-state index is -0.645. The predicted molar refractivity (Wildman–Crippen MR) is 71.6 cm³/mol. The second-order valence-electron chi connectivity index (χ2n) is 6.09. The molecule has 1 aliphatic rings. The lowest BCUT2D eigenvalue weighted by atomic mass is 10.2. The summed E-state index contributed by atoms with van der Waals surface area (Å²) in [7, 11) is 1.61. The van der Waals surface area contributed by atoms with E-state index >= 15 is 0 Å². The van der Waals surface area contributed by atoms with Crippen LogP contribution in [-0.2, 0) is 14.3 Å². The van der Waals surface area contributed by atoms with Gasteiger partial charge in [-0.25, -0.2) is 4.79 Å². The van der Waals surface area contributed by atoms with Gasteiger partial charge in [0.25, 0.3) is 0 Å². The van der Waals surface area contributed by atoms with Gasteiger partial charge in [-0.05, 0) is 34.6 Å². The molecule has 6 heteroatoms. The Morgan fingerprint density at radius 2 is 1.53 bits per heavy atom.